The molecule has 0 unspecified atom stereocenters. The molecule has 1 saturated heterocycles. The molecule has 160 valence electrons. The van der Waals surface area contributed by atoms with Crippen molar-refractivity contribution in [3.8, 4) is 0 Å². The number of sulfone groups is 1. The Bertz CT molecular complexity index is 1300. The van der Waals surface area contributed by atoms with Crippen LogP contribution in [0.4, 0.5) is 11.4 Å². The minimum absolute atomic E-state index is 0.0409. The van der Waals surface area contributed by atoms with Crippen LogP contribution in [0.1, 0.15) is 27.4 Å². The summed E-state index contributed by atoms with van der Waals surface area (Å²) in [5.74, 6) is -1.65. The van der Waals surface area contributed by atoms with Gasteiger partial charge in [0.2, 0.25) is 0 Å². The Hall–Kier alpha value is -2.03. The van der Waals surface area contributed by atoms with E-state index in [1.807, 2.05) is 0 Å². The number of para-hydroxylation sites is 1. The molecule has 8 heteroatoms. The van der Waals surface area contributed by atoms with Crippen molar-refractivity contribution in [2.24, 2.45) is 5.92 Å². The smallest absolute Gasteiger partial charge is 0.306 e. The number of piperidine rings is 1. The largest absolute Gasteiger partial charge is 0.481 e. The van der Waals surface area contributed by atoms with Gasteiger partial charge >= 0.3 is 5.97 Å². The molecule has 1 N–H and O–H groups in total. The summed E-state index contributed by atoms with van der Waals surface area (Å²) in [5.41, 5.74) is 0.408. The minimum atomic E-state index is -3.66. The summed E-state index contributed by atoms with van der Waals surface area (Å²) in [4.78, 5) is 14.6. The molecule has 1 fully saturated rings. The number of rotatable bonds is 6. The van der Waals surface area contributed by atoms with Gasteiger partial charge in [-0.2, -0.15) is 0 Å². The van der Waals surface area contributed by atoms with E-state index in [4.69, 9.17) is 8.22 Å². The monoisotopic (exact) mass is 452 g/mol. The lowest BCUT2D eigenvalue weighted by Crippen LogP contribution is -2.37. The van der Waals surface area contributed by atoms with E-state index < -0.39 is 41.1 Å². The Morgan fingerprint density at radius 2 is 1.83 bits per heavy atom. The molecule has 0 bridgehead atoms. The number of carbonyl (C=O) groups is 1. The Balaban J connectivity index is 1.81. The zero-order valence-corrected chi connectivity index (χ0v) is 18.0. The highest BCUT2D eigenvalue weighted by molar-refractivity contribution is 7.99. The normalized spacial score (nSPS) is 21.8. The van der Waals surface area contributed by atoms with E-state index in [-0.39, 0.29) is 42.2 Å². The molecule has 0 saturated carbocycles. The van der Waals surface area contributed by atoms with Crippen molar-refractivity contribution in [3.63, 3.8) is 0 Å². The fraction of sp³-hybridized carbons (Fsp3) is 0.409. The minimum Gasteiger partial charge on any atom is -0.481 e. The Kier molecular flexibility index (Phi) is 4.27. The summed E-state index contributed by atoms with van der Waals surface area (Å²) in [6.07, 6.45) is -1.87. The summed E-state index contributed by atoms with van der Waals surface area (Å²) < 4.78 is 77.4. The first-order valence-electron chi connectivity index (χ1n) is 12.5. The number of carboxylic acid groups (broad SMARTS) is 1. The molecule has 2 heterocycles. The second-order valence-electron chi connectivity index (χ2n) is 7.26. The quantitative estimate of drug-likeness (QED) is 0.713. The molecule has 0 atom stereocenters. The van der Waals surface area contributed by atoms with E-state index in [9.17, 15) is 18.3 Å². The standard InChI is InChI=1S/C22H26N2O4S2/c1-30(27,28)17-7-8-21-19(15-17)24(18-5-2-3-6-20(18)29-21)12-4-11-23-13-9-16(10-14-23)22(25)26/h2-3,5-8,15-16H,4,9-14H2,1H3,(H,25,26)/i4D2,11D2,12D2. The van der Waals surface area contributed by atoms with Crippen molar-refractivity contribution in [2.45, 2.75) is 33.9 Å². The van der Waals surface area contributed by atoms with Gasteiger partial charge in [-0.05, 0) is 69.1 Å². The predicted molar refractivity (Wildman–Crippen MR) is 119 cm³/mol. The van der Waals surface area contributed by atoms with Gasteiger partial charge in [-0.3, -0.25) is 4.79 Å². The van der Waals surface area contributed by atoms with E-state index >= 15 is 0 Å². The SMILES string of the molecule is [2H]C([2H])(N1CCC(C(=O)O)CC1)C([2H])([2H])C([2H])([2H])N1c2ccccc2Sc2ccc(S(C)(=O)=O)cc21. The van der Waals surface area contributed by atoms with Gasteiger partial charge in [0.15, 0.2) is 9.84 Å². The summed E-state index contributed by atoms with van der Waals surface area (Å²) in [6.45, 7) is -5.88. The first-order chi connectivity index (χ1) is 16.6. The van der Waals surface area contributed by atoms with Gasteiger partial charge in [0, 0.05) is 30.8 Å². The molecule has 2 aromatic carbocycles. The van der Waals surface area contributed by atoms with Crippen LogP contribution in [0.5, 0.6) is 0 Å². The maximum atomic E-state index is 12.3. The van der Waals surface area contributed by atoms with Crippen molar-refractivity contribution in [3.05, 3.63) is 42.5 Å². The average Bonchev–Trinajstić information content (AvgIpc) is 2.81. The highest BCUT2D eigenvalue weighted by atomic mass is 32.2. The van der Waals surface area contributed by atoms with Crippen LogP contribution < -0.4 is 4.90 Å². The Labute approximate surface area is 190 Å². The molecular weight excluding hydrogens is 420 g/mol. The first kappa shape index (κ1) is 14.9. The van der Waals surface area contributed by atoms with Crippen LogP contribution in [0.25, 0.3) is 0 Å². The van der Waals surface area contributed by atoms with Crippen molar-refractivity contribution >= 4 is 38.9 Å². The van der Waals surface area contributed by atoms with E-state index in [0.717, 1.165) is 16.1 Å². The number of anilines is 2. The van der Waals surface area contributed by atoms with Crippen LogP contribution in [-0.4, -0.2) is 56.7 Å². The molecule has 2 aliphatic heterocycles. The number of nitrogens with zero attached hydrogens (tertiary/aromatic N) is 2. The lowest BCUT2D eigenvalue weighted by molar-refractivity contribution is -0.143. The third-order valence-corrected chi connectivity index (χ3v) is 7.39. The third-order valence-electron chi connectivity index (χ3n) is 5.15. The van der Waals surface area contributed by atoms with Crippen molar-refractivity contribution in [1.82, 2.24) is 4.90 Å². The van der Waals surface area contributed by atoms with Crippen molar-refractivity contribution in [1.29, 1.82) is 0 Å². The molecule has 2 aliphatic rings. The second kappa shape index (κ2) is 8.61. The average molecular weight is 453 g/mol. The number of aliphatic carboxylic acids is 1. The molecule has 4 rings (SSSR count). The van der Waals surface area contributed by atoms with Crippen LogP contribution in [-0.2, 0) is 14.6 Å². The summed E-state index contributed by atoms with van der Waals surface area (Å²) in [6, 6.07) is 10.9. The molecular formula is C22H26N2O4S2. The Morgan fingerprint density at radius 3 is 2.53 bits per heavy atom. The zero-order valence-electron chi connectivity index (χ0n) is 22.3. The number of carboxylic acids is 1. The fourth-order valence-corrected chi connectivity index (χ4v) is 5.16. The molecule has 0 amide bonds. The molecule has 6 nitrogen and oxygen atoms in total. The van der Waals surface area contributed by atoms with Gasteiger partial charge in [-0.15, -0.1) is 0 Å². The van der Waals surface area contributed by atoms with E-state index in [0.29, 0.717) is 9.79 Å². The lowest BCUT2D eigenvalue weighted by Gasteiger charge is -2.34. The van der Waals surface area contributed by atoms with Crippen LogP contribution in [0.15, 0.2) is 57.2 Å². The van der Waals surface area contributed by atoms with Crippen molar-refractivity contribution < 1.29 is 26.5 Å². The van der Waals surface area contributed by atoms with Gasteiger partial charge in [-0.25, -0.2) is 8.42 Å². The van der Waals surface area contributed by atoms with Gasteiger partial charge < -0.3 is 14.9 Å². The predicted octanol–water partition coefficient (Wildman–Crippen LogP) is 3.88. The zero-order chi connectivity index (χ0) is 26.7. The van der Waals surface area contributed by atoms with Crippen molar-refractivity contribution in [2.75, 3.05) is 37.2 Å². The number of benzene rings is 2. The number of likely N-dealkylation sites (tertiary alicyclic amines) is 1. The lowest BCUT2D eigenvalue weighted by atomic mass is 9.97. The number of hydrogen-bond acceptors (Lipinski definition) is 6. The highest BCUT2D eigenvalue weighted by Crippen LogP contribution is 2.48. The van der Waals surface area contributed by atoms with Gasteiger partial charge in [-0.1, -0.05) is 23.9 Å². The maximum Gasteiger partial charge on any atom is 0.306 e. The second-order valence-corrected chi connectivity index (χ2v) is 10.4. The summed E-state index contributed by atoms with van der Waals surface area (Å²) in [7, 11) is -3.66. The maximum absolute atomic E-state index is 12.3. The third kappa shape index (κ3) is 4.50. The number of hydrogen-bond donors (Lipinski definition) is 1. The van der Waals surface area contributed by atoms with Gasteiger partial charge in [0.1, 0.15) is 0 Å². The summed E-state index contributed by atoms with van der Waals surface area (Å²) >= 11 is 1.29. The first-order valence-corrected chi connectivity index (χ1v) is 12.2. The van der Waals surface area contributed by atoms with Gasteiger partial charge in [0.05, 0.1) is 22.2 Å². The molecule has 0 radical (unpaired) electrons. The summed E-state index contributed by atoms with van der Waals surface area (Å²) in [5, 5.41) is 9.25. The highest BCUT2D eigenvalue weighted by Gasteiger charge is 2.26. The molecule has 0 aromatic heterocycles. The van der Waals surface area contributed by atoms with Crippen LogP contribution in [0, 0.1) is 5.92 Å². The van der Waals surface area contributed by atoms with E-state index in [1.54, 1.807) is 24.3 Å². The Morgan fingerprint density at radius 1 is 1.13 bits per heavy atom. The van der Waals surface area contributed by atoms with Gasteiger partial charge in [0.25, 0.3) is 0 Å². The van der Waals surface area contributed by atoms with Crippen LogP contribution >= 0.6 is 11.8 Å². The van der Waals surface area contributed by atoms with E-state index in [1.165, 1.54) is 30.0 Å². The molecule has 0 spiro atoms. The van der Waals surface area contributed by atoms with E-state index in [2.05, 4.69) is 0 Å². The topological polar surface area (TPSA) is 77.9 Å². The fourth-order valence-electron chi connectivity index (χ4n) is 3.48. The van der Waals surface area contributed by atoms with Crippen LogP contribution in [0.2, 0.25) is 0 Å². The van der Waals surface area contributed by atoms with Crippen LogP contribution in [0.3, 0.4) is 0 Å². The molecule has 2 aromatic rings. The molecule has 0 aliphatic carbocycles. The number of fused-ring (bicyclic) bond motifs is 2. The molecule has 30 heavy (non-hydrogen) atoms.